The van der Waals surface area contributed by atoms with Crippen LogP contribution in [0.5, 0.6) is 5.75 Å². The fourth-order valence-corrected chi connectivity index (χ4v) is 4.83. The van der Waals surface area contributed by atoms with Gasteiger partial charge in [-0.3, -0.25) is 14.5 Å². The van der Waals surface area contributed by atoms with Crippen molar-refractivity contribution >= 4 is 22.6 Å². The number of fused-ring (bicyclic) bond motifs is 1. The Labute approximate surface area is 184 Å². The summed E-state index contributed by atoms with van der Waals surface area (Å²) in [4.78, 5) is 30.2. The number of carbonyl (C=O) groups is 2. The number of amides is 2. The van der Waals surface area contributed by atoms with Crippen LogP contribution in [0.3, 0.4) is 0 Å². The van der Waals surface area contributed by atoms with E-state index < -0.39 is 6.04 Å². The first-order chi connectivity index (χ1) is 15.0. The predicted molar refractivity (Wildman–Crippen MR) is 122 cm³/mol. The van der Waals surface area contributed by atoms with Crippen molar-refractivity contribution in [1.82, 2.24) is 15.1 Å². The zero-order valence-corrected chi connectivity index (χ0v) is 18.5. The standard InChI is InChI=1S/C25H33N3O3/c1-17-11-14-27(15-12-17)18(2)16-26-24(30)22-8-5-13-28(22)25(31)21-10-9-19-6-3-4-7-20(19)23(21)29/h3-4,6-7,9-10,17-18,22,29H,5,8,11-16H2,1-2H3,(H,26,30). The summed E-state index contributed by atoms with van der Waals surface area (Å²) in [7, 11) is 0. The van der Waals surface area contributed by atoms with E-state index in [1.54, 1.807) is 17.0 Å². The number of nitrogens with one attached hydrogen (secondary N) is 1. The van der Waals surface area contributed by atoms with Gasteiger partial charge in [0.1, 0.15) is 11.8 Å². The van der Waals surface area contributed by atoms with E-state index in [0.717, 1.165) is 30.8 Å². The lowest BCUT2D eigenvalue weighted by Crippen LogP contribution is -2.50. The number of hydrogen-bond donors (Lipinski definition) is 2. The van der Waals surface area contributed by atoms with Gasteiger partial charge in [0.2, 0.25) is 5.91 Å². The molecule has 0 bridgehead atoms. The smallest absolute Gasteiger partial charge is 0.258 e. The molecule has 31 heavy (non-hydrogen) atoms. The average Bonchev–Trinajstić information content (AvgIpc) is 3.28. The zero-order valence-electron chi connectivity index (χ0n) is 18.5. The first-order valence-electron chi connectivity index (χ1n) is 11.5. The number of likely N-dealkylation sites (tertiary alicyclic amines) is 2. The van der Waals surface area contributed by atoms with E-state index >= 15 is 0 Å². The third-order valence-corrected chi connectivity index (χ3v) is 6.96. The molecule has 0 aromatic heterocycles. The Morgan fingerprint density at radius 1 is 1.10 bits per heavy atom. The van der Waals surface area contributed by atoms with Gasteiger partial charge in [0.05, 0.1) is 5.56 Å². The summed E-state index contributed by atoms with van der Waals surface area (Å²) in [5.74, 6) is 0.395. The molecule has 2 aromatic carbocycles. The van der Waals surface area contributed by atoms with Crippen molar-refractivity contribution < 1.29 is 14.7 Å². The van der Waals surface area contributed by atoms with Crippen LogP contribution in [-0.4, -0.2) is 65.0 Å². The Morgan fingerprint density at radius 3 is 2.61 bits per heavy atom. The molecule has 4 rings (SSSR count). The van der Waals surface area contributed by atoms with Crippen molar-refractivity contribution in [2.24, 2.45) is 5.92 Å². The van der Waals surface area contributed by atoms with Gasteiger partial charge in [0.25, 0.3) is 5.91 Å². The van der Waals surface area contributed by atoms with Crippen LogP contribution < -0.4 is 5.32 Å². The Hall–Kier alpha value is -2.60. The fourth-order valence-electron chi connectivity index (χ4n) is 4.83. The minimum absolute atomic E-state index is 0.0119. The molecular formula is C25H33N3O3. The lowest BCUT2D eigenvalue weighted by molar-refractivity contribution is -0.125. The molecule has 2 atom stereocenters. The Kier molecular flexibility index (Phi) is 6.46. The molecule has 0 spiro atoms. The number of benzene rings is 2. The minimum atomic E-state index is -0.480. The quantitative estimate of drug-likeness (QED) is 0.773. The highest BCUT2D eigenvalue weighted by Gasteiger charge is 2.35. The maximum Gasteiger partial charge on any atom is 0.258 e. The summed E-state index contributed by atoms with van der Waals surface area (Å²) in [6, 6.07) is 10.7. The van der Waals surface area contributed by atoms with Gasteiger partial charge in [-0.1, -0.05) is 37.3 Å². The van der Waals surface area contributed by atoms with Crippen molar-refractivity contribution in [2.45, 2.75) is 51.6 Å². The van der Waals surface area contributed by atoms with Gasteiger partial charge >= 0.3 is 0 Å². The summed E-state index contributed by atoms with van der Waals surface area (Å²) in [5, 5.41) is 15.3. The number of piperidine rings is 1. The van der Waals surface area contributed by atoms with Gasteiger partial charge in [0.15, 0.2) is 0 Å². The highest BCUT2D eigenvalue weighted by atomic mass is 16.3. The van der Waals surface area contributed by atoms with Crippen LogP contribution >= 0.6 is 0 Å². The topological polar surface area (TPSA) is 72.9 Å². The predicted octanol–water partition coefficient (Wildman–Crippen LogP) is 3.39. The molecule has 2 aliphatic heterocycles. The summed E-state index contributed by atoms with van der Waals surface area (Å²) in [5.41, 5.74) is 0.259. The summed E-state index contributed by atoms with van der Waals surface area (Å²) >= 11 is 0. The Morgan fingerprint density at radius 2 is 1.84 bits per heavy atom. The second kappa shape index (κ2) is 9.27. The van der Waals surface area contributed by atoms with Gasteiger partial charge in [-0.25, -0.2) is 0 Å². The maximum absolute atomic E-state index is 13.2. The zero-order chi connectivity index (χ0) is 22.0. The van der Waals surface area contributed by atoms with E-state index in [1.165, 1.54) is 12.8 Å². The summed E-state index contributed by atoms with van der Waals surface area (Å²) in [6.07, 6.45) is 3.86. The van der Waals surface area contributed by atoms with Crippen LogP contribution in [0.2, 0.25) is 0 Å². The Balaban J connectivity index is 1.41. The monoisotopic (exact) mass is 423 g/mol. The number of carbonyl (C=O) groups excluding carboxylic acids is 2. The molecular weight excluding hydrogens is 390 g/mol. The van der Waals surface area contributed by atoms with Crippen LogP contribution in [0.4, 0.5) is 0 Å². The SMILES string of the molecule is CC1CCN(C(C)CNC(=O)C2CCCN2C(=O)c2ccc3ccccc3c2O)CC1. The molecule has 2 N–H and O–H groups in total. The molecule has 166 valence electrons. The first kappa shape index (κ1) is 21.6. The second-order valence-electron chi connectivity index (χ2n) is 9.15. The Bertz CT molecular complexity index is 952. The van der Waals surface area contributed by atoms with E-state index in [0.29, 0.717) is 24.9 Å². The molecule has 6 nitrogen and oxygen atoms in total. The van der Waals surface area contributed by atoms with Crippen molar-refractivity contribution in [3.63, 3.8) is 0 Å². The highest BCUT2D eigenvalue weighted by molar-refractivity contribution is 6.05. The number of aromatic hydroxyl groups is 1. The number of rotatable bonds is 5. The van der Waals surface area contributed by atoms with E-state index in [-0.39, 0.29) is 29.2 Å². The fraction of sp³-hybridized carbons (Fsp3) is 0.520. The van der Waals surface area contributed by atoms with Crippen LogP contribution in [0.25, 0.3) is 10.8 Å². The van der Waals surface area contributed by atoms with Gasteiger partial charge in [-0.05, 0) is 63.1 Å². The van der Waals surface area contributed by atoms with Crippen LogP contribution in [-0.2, 0) is 4.79 Å². The molecule has 6 heteroatoms. The molecule has 2 saturated heterocycles. The lowest BCUT2D eigenvalue weighted by atomic mass is 9.98. The van der Waals surface area contributed by atoms with Crippen LogP contribution in [0.15, 0.2) is 36.4 Å². The largest absolute Gasteiger partial charge is 0.506 e. The van der Waals surface area contributed by atoms with E-state index in [1.807, 2.05) is 24.3 Å². The molecule has 0 radical (unpaired) electrons. The highest BCUT2D eigenvalue weighted by Crippen LogP contribution is 2.31. The normalized spacial score (nSPS) is 21.4. The van der Waals surface area contributed by atoms with Crippen molar-refractivity contribution in [1.29, 1.82) is 0 Å². The van der Waals surface area contributed by atoms with E-state index in [9.17, 15) is 14.7 Å². The molecule has 2 aliphatic rings. The van der Waals surface area contributed by atoms with Crippen molar-refractivity contribution in [3.8, 4) is 5.75 Å². The van der Waals surface area contributed by atoms with E-state index in [4.69, 9.17) is 0 Å². The van der Waals surface area contributed by atoms with Gasteiger partial charge in [0, 0.05) is 24.5 Å². The molecule has 0 saturated carbocycles. The summed E-state index contributed by atoms with van der Waals surface area (Å²) in [6.45, 7) is 7.72. The van der Waals surface area contributed by atoms with Crippen LogP contribution in [0.1, 0.15) is 49.9 Å². The number of phenolic OH excluding ortho intramolecular Hbond substituents is 1. The molecule has 2 heterocycles. The maximum atomic E-state index is 13.2. The number of nitrogens with zero attached hydrogens (tertiary/aromatic N) is 2. The molecule has 0 aliphatic carbocycles. The third-order valence-electron chi connectivity index (χ3n) is 6.96. The molecule has 2 unspecified atom stereocenters. The van der Waals surface area contributed by atoms with E-state index in [2.05, 4.69) is 24.1 Å². The minimum Gasteiger partial charge on any atom is -0.506 e. The van der Waals surface area contributed by atoms with Crippen molar-refractivity contribution in [3.05, 3.63) is 42.0 Å². The van der Waals surface area contributed by atoms with Gasteiger partial charge in [-0.2, -0.15) is 0 Å². The second-order valence-corrected chi connectivity index (χ2v) is 9.15. The number of phenols is 1. The third kappa shape index (κ3) is 4.54. The molecule has 2 aromatic rings. The summed E-state index contributed by atoms with van der Waals surface area (Å²) < 4.78 is 0. The molecule has 2 fully saturated rings. The number of hydrogen-bond acceptors (Lipinski definition) is 4. The molecule has 2 amide bonds. The lowest BCUT2D eigenvalue weighted by Gasteiger charge is -2.35. The first-order valence-corrected chi connectivity index (χ1v) is 11.5. The van der Waals surface area contributed by atoms with Crippen molar-refractivity contribution in [2.75, 3.05) is 26.2 Å². The van der Waals surface area contributed by atoms with Gasteiger partial charge in [-0.15, -0.1) is 0 Å². The van der Waals surface area contributed by atoms with Crippen LogP contribution in [0, 0.1) is 5.92 Å². The average molecular weight is 424 g/mol. The van der Waals surface area contributed by atoms with Gasteiger partial charge < -0.3 is 15.3 Å².